The van der Waals surface area contributed by atoms with Gasteiger partial charge < -0.3 is 4.74 Å². The van der Waals surface area contributed by atoms with Crippen molar-refractivity contribution in [2.45, 2.75) is 12.8 Å². The molecule has 0 fully saturated rings. The molecule has 3 rings (SSSR count). The number of methoxy groups -OCH3 is 1. The molecule has 0 amide bonds. The van der Waals surface area contributed by atoms with Gasteiger partial charge in [-0.1, -0.05) is 30.3 Å². The zero-order chi connectivity index (χ0) is 16.2. The molecule has 0 radical (unpaired) electrons. The molecule has 0 spiro atoms. The minimum atomic E-state index is -2.52. The van der Waals surface area contributed by atoms with Crippen LogP contribution in [0.15, 0.2) is 54.6 Å². The van der Waals surface area contributed by atoms with Crippen molar-refractivity contribution in [3.8, 4) is 17.0 Å². The molecule has 0 unspecified atom stereocenters. The molecular formula is C18H15F2NOS. The molecule has 0 aliphatic heterocycles. The SMILES string of the molecule is COc1ccc(-c2nsc(C(F)F)c2Cc2ccccc2)cc1. The van der Waals surface area contributed by atoms with Crippen LogP contribution in [0.5, 0.6) is 5.75 Å². The van der Waals surface area contributed by atoms with E-state index in [2.05, 4.69) is 4.37 Å². The molecule has 0 aliphatic carbocycles. The van der Waals surface area contributed by atoms with Crippen molar-refractivity contribution in [2.75, 3.05) is 7.11 Å². The zero-order valence-electron chi connectivity index (χ0n) is 12.5. The second-order valence-electron chi connectivity index (χ2n) is 5.07. The molecule has 0 N–H and O–H groups in total. The second-order valence-corrected chi connectivity index (χ2v) is 5.87. The monoisotopic (exact) mass is 331 g/mol. The first-order chi connectivity index (χ1) is 11.2. The largest absolute Gasteiger partial charge is 0.497 e. The van der Waals surface area contributed by atoms with Gasteiger partial charge in [0.15, 0.2) is 0 Å². The molecule has 1 heterocycles. The maximum absolute atomic E-state index is 13.3. The number of alkyl halides is 2. The highest BCUT2D eigenvalue weighted by atomic mass is 32.1. The quantitative estimate of drug-likeness (QED) is 0.629. The van der Waals surface area contributed by atoms with Crippen LogP contribution >= 0.6 is 11.5 Å². The highest BCUT2D eigenvalue weighted by Gasteiger charge is 2.22. The first-order valence-electron chi connectivity index (χ1n) is 7.14. The van der Waals surface area contributed by atoms with Crippen molar-refractivity contribution in [3.05, 3.63) is 70.6 Å². The van der Waals surface area contributed by atoms with Crippen LogP contribution < -0.4 is 4.74 Å². The van der Waals surface area contributed by atoms with Crippen LogP contribution in [0.4, 0.5) is 8.78 Å². The maximum atomic E-state index is 13.3. The smallest absolute Gasteiger partial charge is 0.274 e. The van der Waals surface area contributed by atoms with Crippen LogP contribution in [0.3, 0.4) is 0 Å². The van der Waals surface area contributed by atoms with E-state index in [0.717, 1.165) is 28.4 Å². The highest BCUT2D eigenvalue weighted by molar-refractivity contribution is 7.06. The topological polar surface area (TPSA) is 22.1 Å². The van der Waals surface area contributed by atoms with Crippen LogP contribution in [0, 0.1) is 0 Å². The highest BCUT2D eigenvalue weighted by Crippen LogP contribution is 2.36. The van der Waals surface area contributed by atoms with Gasteiger partial charge in [-0.15, -0.1) is 0 Å². The fourth-order valence-electron chi connectivity index (χ4n) is 2.44. The van der Waals surface area contributed by atoms with Gasteiger partial charge in [-0.2, -0.15) is 4.37 Å². The predicted molar refractivity (Wildman–Crippen MR) is 88.3 cm³/mol. The molecule has 23 heavy (non-hydrogen) atoms. The summed E-state index contributed by atoms with van der Waals surface area (Å²) in [4.78, 5) is 0.0414. The molecule has 0 saturated heterocycles. The van der Waals surface area contributed by atoms with Crippen LogP contribution in [0.1, 0.15) is 22.4 Å². The number of benzene rings is 2. The lowest BCUT2D eigenvalue weighted by atomic mass is 9.99. The molecule has 2 aromatic carbocycles. The van der Waals surface area contributed by atoms with Gasteiger partial charge in [-0.05, 0) is 41.4 Å². The first kappa shape index (κ1) is 15.6. The molecule has 0 saturated carbocycles. The summed E-state index contributed by atoms with van der Waals surface area (Å²) in [7, 11) is 1.59. The van der Waals surface area contributed by atoms with Gasteiger partial charge in [0.25, 0.3) is 6.43 Å². The van der Waals surface area contributed by atoms with E-state index < -0.39 is 6.43 Å². The van der Waals surface area contributed by atoms with E-state index in [9.17, 15) is 8.78 Å². The number of ether oxygens (including phenoxy) is 1. The number of halogens is 2. The van der Waals surface area contributed by atoms with Gasteiger partial charge in [-0.3, -0.25) is 0 Å². The Bertz CT molecular complexity index is 769. The third-order valence-corrected chi connectivity index (χ3v) is 4.50. The predicted octanol–water partition coefficient (Wildman–Crippen LogP) is 5.35. The number of hydrogen-bond acceptors (Lipinski definition) is 3. The zero-order valence-corrected chi connectivity index (χ0v) is 13.3. The molecule has 3 aromatic rings. The van der Waals surface area contributed by atoms with Crippen molar-refractivity contribution in [1.29, 1.82) is 0 Å². The Morgan fingerprint density at radius 3 is 2.35 bits per heavy atom. The van der Waals surface area contributed by atoms with E-state index >= 15 is 0 Å². The molecule has 2 nitrogen and oxygen atoms in total. The Kier molecular flexibility index (Phi) is 4.67. The molecule has 1 aromatic heterocycles. The minimum Gasteiger partial charge on any atom is -0.497 e. The Morgan fingerprint density at radius 2 is 1.74 bits per heavy atom. The van der Waals surface area contributed by atoms with Gasteiger partial charge in [0.05, 0.1) is 17.7 Å². The third-order valence-electron chi connectivity index (χ3n) is 3.60. The lowest BCUT2D eigenvalue weighted by Crippen LogP contribution is -1.95. The van der Waals surface area contributed by atoms with Gasteiger partial charge >= 0.3 is 0 Å². The fourth-order valence-corrected chi connectivity index (χ4v) is 3.20. The van der Waals surface area contributed by atoms with E-state index in [1.165, 1.54) is 0 Å². The first-order valence-corrected chi connectivity index (χ1v) is 7.91. The minimum absolute atomic E-state index is 0.0414. The normalized spacial score (nSPS) is 11.0. The maximum Gasteiger partial charge on any atom is 0.274 e. The van der Waals surface area contributed by atoms with Crippen LogP contribution in [0.25, 0.3) is 11.3 Å². The van der Waals surface area contributed by atoms with Crippen molar-refractivity contribution < 1.29 is 13.5 Å². The van der Waals surface area contributed by atoms with Crippen LogP contribution in [-0.4, -0.2) is 11.5 Å². The summed E-state index contributed by atoms with van der Waals surface area (Å²) in [6.45, 7) is 0. The van der Waals surface area contributed by atoms with Gasteiger partial charge in [-0.25, -0.2) is 8.78 Å². The number of hydrogen-bond donors (Lipinski definition) is 0. The Hall–Kier alpha value is -2.27. The molecule has 0 bridgehead atoms. The number of rotatable bonds is 5. The van der Waals surface area contributed by atoms with Crippen molar-refractivity contribution >= 4 is 11.5 Å². The van der Waals surface area contributed by atoms with E-state index in [4.69, 9.17) is 4.74 Å². The third kappa shape index (κ3) is 3.40. The second kappa shape index (κ2) is 6.87. The summed E-state index contributed by atoms with van der Waals surface area (Å²) in [5, 5.41) is 0. The summed E-state index contributed by atoms with van der Waals surface area (Å²) >= 11 is 0.877. The van der Waals surface area contributed by atoms with E-state index in [0.29, 0.717) is 17.7 Å². The summed E-state index contributed by atoms with van der Waals surface area (Å²) in [5.41, 5.74) is 3.03. The lowest BCUT2D eigenvalue weighted by Gasteiger charge is -2.07. The van der Waals surface area contributed by atoms with Crippen LogP contribution in [-0.2, 0) is 6.42 Å². The van der Waals surface area contributed by atoms with E-state index in [1.807, 2.05) is 54.6 Å². The van der Waals surface area contributed by atoms with Gasteiger partial charge in [0.1, 0.15) is 5.75 Å². The van der Waals surface area contributed by atoms with E-state index in [1.54, 1.807) is 7.11 Å². The number of nitrogens with zero attached hydrogens (tertiary/aromatic N) is 1. The molecule has 0 aliphatic rings. The molecule has 118 valence electrons. The summed E-state index contributed by atoms with van der Waals surface area (Å²) in [6, 6.07) is 16.9. The number of aromatic nitrogens is 1. The van der Waals surface area contributed by atoms with E-state index in [-0.39, 0.29) is 4.88 Å². The van der Waals surface area contributed by atoms with Crippen molar-refractivity contribution in [1.82, 2.24) is 4.37 Å². The van der Waals surface area contributed by atoms with Crippen molar-refractivity contribution in [2.24, 2.45) is 0 Å². The molecular weight excluding hydrogens is 316 g/mol. The Morgan fingerprint density at radius 1 is 1.04 bits per heavy atom. The standard InChI is InChI=1S/C18H15F2NOS/c1-22-14-9-7-13(8-10-14)16-15(17(18(19)20)23-21-16)11-12-5-3-2-4-6-12/h2-10,18H,11H2,1H3. The summed E-state index contributed by atoms with van der Waals surface area (Å²) in [6.07, 6.45) is -2.07. The van der Waals surface area contributed by atoms with Crippen molar-refractivity contribution in [3.63, 3.8) is 0 Å². The molecule has 0 atom stereocenters. The van der Waals surface area contributed by atoms with Gasteiger partial charge in [0.2, 0.25) is 0 Å². The Balaban J connectivity index is 2.02. The summed E-state index contributed by atoms with van der Waals surface area (Å²) < 4.78 is 36.1. The average molecular weight is 331 g/mol. The average Bonchev–Trinajstić information content (AvgIpc) is 2.99. The fraction of sp³-hybridized carbons (Fsp3) is 0.167. The molecule has 5 heteroatoms. The Labute approximate surface area is 137 Å². The van der Waals surface area contributed by atoms with Crippen LogP contribution in [0.2, 0.25) is 0 Å². The lowest BCUT2D eigenvalue weighted by molar-refractivity contribution is 0.155. The van der Waals surface area contributed by atoms with Gasteiger partial charge in [0, 0.05) is 17.5 Å². The summed E-state index contributed by atoms with van der Waals surface area (Å²) in [5.74, 6) is 0.725.